The number of aromatic nitrogens is 1. The van der Waals surface area contributed by atoms with E-state index in [0.717, 1.165) is 25.4 Å². The van der Waals surface area contributed by atoms with Crippen molar-refractivity contribution >= 4 is 38.6 Å². The second-order valence-corrected chi connectivity index (χ2v) is 8.44. The number of aryl methyl sites for hydroxylation is 1. The molecule has 0 aromatic carbocycles. The maximum Gasteiger partial charge on any atom is 0.133 e. The lowest BCUT2D eigenvalue weighted by Gasteiger charge is -2.01. The number of hydrogen-bond donors (Lipinski definition) is 1. The van der Waals surface area contributed by atoms with Gasteiger partial charge >= 0.3 is 0 Å². The van der Waals surface area contributed by atoms with Crippen LogP contribution in [0.4, 0.5) is 0 Å². The van der Waals surface area contributed by atoms with Crippen LogP contribution in [0.1, 0.15) is 36.8 Å². The summed E-state index contributed by atoms with van der Waals surface area (Å²) in [5.41, 5.74) is 1.29. The Kier molecular flexibility index (Phi) is 4.37. The highest BCUT2D eigenvalue weighted by molar-refractivity contribution is 9.11. The molecule has 0 saturated heterocycles. The normalized spacial score (nSPS) is 15.1. The first-order chi connectivity index (χ1) is 9.26. The molecule has 0 radical (unpaired) electrons. The zero-order valence-corrected chi connectivity index (χ0v) is 14.1. The summed E-state index contributed by atoms with van der Waals surface area (Å²) in [4.78, 5) is 7.54. The number of hydrogen-bond acceptors (Lipinski definition) is 4. The Balaban J connectivity index is 1.81. The number of nitrogens with zero attached hydrogens (tertiary/aromatic N) is 1. The summed E-state index contributed by atoms with van der Waals surface area (Å²) in [5, 5.41) is 4.78. The predicted molar refractivity (Wildman–Crippen MR) is 87.0 cm³/mol. The predicted octanol–water partition coefficient (Wildman–Crippen LogP) is 4.84. The molecule has 0 unspecified atom stereocenters. The highest BCUT2D eigenvalue weighted by Crippen LogP contribution is 2.35. The maximum atomic E-state index is 4.85. The van der Waals surface area contributed by atoms with Crippen molar-refractivity contribution in [2.45, 2.75) is 45.2 Å². The van der Waals surface area contributed by atoms with Gasteiger partial charge in [0.25, 0.3) is 0 Å². The summed E-state index contributed by atoms with van der Waals surface area (Å²) < 4.78 is 1.17. The van der Waals surface area contributed by atoms with E-state index in [-0.39, 0.29) is 0 Å². The Labute approximate surface area is 130 Å². The van der Waals surface area contributed by atoms with Crippen molar-refractivity contribution in [3.05, 3.63) is 26.5 Å². The van der Waals surface area contributed by atoms with Gasteiger partial charge in [-0.3, -0.25) is 0 Å². The van der Waals surface area contributed by atoms with Crippen LogP contribution in [-0.2, 0) is 13.0 Å². The molecule has 2 nitrogen and oxygen atoms in total. The van der Waals surface area contributed by atoms with Gasteiger partial charge in [-0.25, -0.2) is 4.98 Å². The van der Waals surface area contributed by atoms with Crippen molar-refractivity contribution in [2.75, 3.05) is 0 Å². The monoisotopic (exact) mass is 356 g/mol. The quantitative estimate of drug-likeness (QED) is 0.800. The van der Waals surface area contributed by atoms with Gasteiger partial charge in [-0.15, -0.1) is 22.7 Å². The smallest absolute Gasteiger partial charge is 0.133 e. The summed E-state index contributed by atoms with van der Waals surface area (Å²) in [5.74, 6) is 0. The average molecular weight is 357 g/mol. The zero-order chi connectivity index (χ0) is 13.2. The molecule has 0 atom stereocenters. The number of thiophene rings is 1. The van der Waals surface area contributed by atoms with Crippen LogP contribution in [0.3, 0.4) is 0 Å². The van der Waals surface area contributed by atoms with Gasteiger partial charge in [0.1, 0.15) is 5.01 Å². The van der Waals surface area contributed by atoms with Crippen molar-refractivity contribution in [2.24, 2.45) is 0 Å². The van der Waals surface area contributed by atoms with Gasteiger partial charge in [-0.05, 0) is 47.3 Å². The Hall–Kier alpha value is -0.230. The minimum Gasteiger partial charge on any atom is -0.309 e. The Morgan fingerprint density at radius 2 is 2.21 bits per heavy atom. The highest BCUT2D eigenvalue weighted by Gasteiger charge is 2.21. The summed E-state index contributed by atoms with van der Waals surface area (Å²) in [6.45, 7) is 3.21. The molecule has 0 amide bonds. The molecule has 0 bridgehead atoms. The molecule has 1 N–H and O–H groups in total. The van der Waals surface area contributed by atoms with Crippen LogP contribution in [0.2, 0.25) is 0 Å². The van der Waals surface area contributed by atoms with E-state index >= 15 is 0 Å². The first kappa shape index (κ1) is 13.7. The topological polar surface area (TPSA) is 24.9 Å². The van der Waals surface area contributed by atoms with Crippen molar-refractivity contribution in [3.63, 3.8) is 0 Å². The fourth-order valence-electron chi connectivity index (χ4n) is 2.01. The zero-order valence-electron chi connectivity index (χ0n) is 10.9. The van der Waals surface area contributed by atoms with E-state index in [4.69, 9.17) is 4.98 Å². The van der Waals surface area contributed by atoms with Crippen LogP contribution in [0.5, 0.6) is 0 Å². The summed E-state index contributed by atoms with van der Waals surface area (Å²) >= 11 is 7.14. The maximum absolute atomic E-state index is 4.85. The van der Waals surface area contributed by atoms with Gasteiger partial charge in [0.15, 0.2) is 0 Å². The van der Waals surface area contributed by atoms with Crippen molar-refractivity contribution < 1.29 is 0 Å². The van der Waals surface area contributed by atoms with E-state index in [1.807, 2.05) is 11.3 Å². The minimum atomic E-state index is 0.760. The molecule has 2 aromatic rings. The summed E-state index contributed by atoms with van der Waals surface area (Å²) in [6.07, 6.45) is 4.93. The van der Waals surface area contributed by atoms with Crippen LogP contribution < -0.4 is 5.32 Å². The molecule has 2 heterocycles. The van der Waals surface area contributed by atoms with Crippen LogP contribution >= 0.6 is 38.6 Å². The minimum absolute atomic E-state index is 0.760. The van der Waals surface area contributed by atoms with E-state index < -0.39 is 0 Å². The molecule has 5 heteroatoms. The fourth-order valence-corrected chi connectivity index (χ4v) is 4.51. The van der Waals surface area contributed by atoms with Crippen LogP contribution in [0, 0.1) is 0 Å². The molecule has 1 saturated carbocycles. The van der Waals surface area contributed by atoms with Gasteiger partial charge in [0.2, 0.25) is 0 Å². The van der Waals surface area contributed by atoms with E-state index in [9.17, 15) is 0 Å². The molecule has 0 spiro atoms. The number of halogens is 1. The van der Waals surface area contributed by atoms with Gasteiger partial charge in [-0.1, -0.05) is 13.3 Å². The SMILES string of the molecule is CCCc1nc(-c2ccc(Br)s2)sc1CNC1CC1. The van der Waals surface area contributed by atoms with Crippen molar-refractivity contribution in [1.82, 2.24) is 10.3 Å². The Bertz CT molecular complexity index is 558. The number of thiazole rings is 1. The third kappa shape index (κ3) is 3.45. The number of nitrogens with one attached hydrogen (secondary N) is 1. The standard InChI is InChI=1S/C14H17BrN2S2/c1-2-3-10-12(8-16-9-4-5-9)19-14(17-10)11-6-7-13(15)18-11/h6-7,9,16H,2-5,8H2,1H3. The second kappa shape index (κ2) is 6.04. The van der Waals surface area contributed by atoms with Crippen LogP contribution in [0.15, 0.2) is 15.9 Å². The molecular weight excluding hydrogens is 340 g/mol. The average Bonchev–Trinajstić information content (AvgIpc) is 2.99. The lowest BCUT2D eigenvalue weighted by atomic mass is 10.2. The van der Waals surface area contributed by atoms with E-state index in [1.165, 1.54) is 37.1 Å². The molecule has 3 rings (SSSR count). The van der Waals surface area contributed by atoms with Crippen LogP contribution in [-0.4, -0.2) is 11.0 Å². The highest BCUT2D eigenvalue weighted by atomic mass is 79.9. The van der Waals surface area contributed by atoms with Crippen molar-refractivity contribution in [3.8, 4) is 9.88 Å². The molecule has 2 aromatic heterocycles. The molecule has 1 aliphatic carbocycles. The van der Waals surface area contributed by atoms with E-state index in [2.05, 4.69) is 40.3 Å². The first-order valence-electron chi connectivity index (χ1n) is 6.74. The van der Waals surface area contributed by atoms with Crippen LogP contribution in [0.25, 0.3) is 9.88 Å². The molecule has 1 fully saturated rings. The van der Waals surface area contributed by atoms with Gasteiger partial charge in [0.05, 0.1) is 14.4 Å². The Morgan fingerprint density at radius 1 is 1.37 bits per heavy atom. The van der Waals surface area contributed by atoms with Gasteiger partial charge in [-0.2, -0.15) is 0 Å². The number of rotatable bonds is 6. The molecular formula is C14H17BrN2S2. The second-order valence-electron chi connectivity index (χ2n) is 4.90. The largest absolute Gasteiger partial charge is 0.309 e. The fraction of sp³-hybridized carbons (Fsp3) is 0.500. The lowest BCUT2D eigenvalue weighted by molar-refractivity contribution is 0.686. The molecule has 102 valence electrons. The Morgan fingerprint density at radius 3 is 2.84 bits per heavy atom. The van der Waals surface area contributed by atoms with Gasteiger partial charge < -0.3 is 5.32 Å². The summed E-state index contributed by atoms with van der Waals surface area (Å²) in [7, 11) is 0. The molecule has 1 aliphatic rings. The third-order valence-corrected chi connectivity index (χ3v) is 6.07. The van der Waals surface area contributed by atoms with E-state index in [1.54, 1.807) is 11.3 Å². The lowest BCUT2D eigenvalue weighted by Crippen LogP contribution is -2.15. The van der Waals surface area contributed by atoms with Gasteiger partial charge in [0, 0.05) is 17.5 Å². The summed E-state index contributed by atoms with van der Waals surface area (Å²) in [6, 6.07) is 5.01. The molecule has 19 heavy (non-hydrogen) atoms. The first-order valence-corrected chi connectivity index (χ1v) is 9.16. The van der Waals surface area contributed by atoms with Crippen molar-refractivity contribution in [1.29, 1.82) is 0 Å². The molecule has 0 aliphatic heterocycles. The third-order valence-electron chi connectivity index (χ3n) is 3.18. The van der Waals surface area contributed by atoms with E-state index in [0.29, 0.717) is 0 Å².